The molecule has 108 valence electrons. The molecule has 0 fully saturated rings. The minimum Gasteiger partial charge on any atom is -0.371 e. The van der Waals surface area contributed by atoms with E-state index in [1.165, 1.54) is 4.88 Å². The summed E-state index contributed by atoms with van der Waals surface area (Å²) in [4.78, 5) is 5.64. The molecular weight excluding hydrogens is 325 g/mol. The molecular formula is C15H13Cl2N3S. The maximum absolute atomic E-state index is 6.07. The van der Waals surface area contributed by atoms with E-state index in [0.29, 0.717) is 10.0 Å². The summed E-state index contributed by atoms with van der Waals surface area (Å²) < 4.78 is 2.00. The smallest absolute Gasteiger partial charge is 0.136 e. The van der Waals surface area contributed by atoms with Crippen molar-refractivity contribution >= 4 is 40.2 Å². The van der Waals surface area contributed by atoms with Crippen molar-refractivity contribution in [3.8, 4) is 0 Å². The Labute approximate surface area is 137 Å². The minimum absolute atomic E-state index is 0.0421. The summed E-state index contributed by atoms with van der Waals surface area (Å²) in [6.45, 7) is 0. The minimum atomic E-state index is -0.0421. The molecule has 1 unspecified atom stereocenters. The highest BCUT2D eigenvalue weighted by Crippen LogP contribution is 2.31. The Morgan fingerprint density at radius 3 is 2.57 bits per heavy atom. The number of nitrogens with zero attached hydrogens (tertiary/aromatic N) is 2. The van der Waals surface area contributed by atoms with E-state index in [2.05, 4.69) is 21.7 Å². The van der Waals surface area contributed by atoms with Crippen LogP contribution in [-0.2, 0) is 7.05 Å². The highest BCUT2D eigenvalue weighted by Gasteiger charge is 2.19. The van der Waals surface area contributed by atoms with E-state index in [1.807, 2.05) is 36.0 Å². The molecule has 0 saturated carbocycles. The molecule has 2 heterocycles. The van der Waals surface area contributed by atoms with Crippen LogP contribution in [0.1, 0.15) is 16.7 Å². The Balaban J connectivity index is 1.99. The van der Waals surface area contributed by atoms with Crippen LogP contribution in [0.25, 0.3) is 0 Å². The van der Waals surface area contributed by atoms with Crippen molar-refractivity contribution in [2.45, 2.75) is 6.04 Å². The predicted octanol–water partition coefficient (Wildman–Crippen LogP) is 4.99. The number of benzene rings is 1. The number of imidazole rings is 1. The van der Waals surface area contributed by atoms with Crippen molar-refractivity contribution in [1.29, 1.82) is 0 Å². The largest absolute Gasteiger partial charge is 0.371 e. The normalized spacial score (nSPS) is 12.3. The summed E-state index contributed by atoms with van der Waals surface area (Å²) in [5, 5.41) is 6.73. The fraction of sp³-hybridized carbons (Fsp3) is 0.133. The molecule has 0 aliphatic carbocycles. The average Bonchev–Trinajstić information content (AvgIpc) is 3.06. The third-order valence-electron chi connectivity index (χ3n) is 3.12. The molecule has 1 atom stereocenters. The quantitative estimate of drug-likeness (QED) is 0.726. The summed E-state index contributed by atoms with van der Waals surface area (Å²) in [5.74, 6) is 0.938. The van der Waals surface area contributed by atoms with Gasteiger partial charge in [-0.2, -0.15) is 0 Å². The molecule has 21 heavy (non-hydrogen) atoms. The first-order chi connectivity index (χ1) is 10.1. The van der Waals surface area contributed by atoms with Gasteiger partial charge in [-0.3, -0.25) is 0 Å². The molecule has 0 spiro atoms. The Kier molecular flexibility index (Phi) is 4.19. The molecule has 2 aromatic heterocycles. The monoisotopic (exact) mass is 337 g/mol. The van der Waals surface area contributed by atoms with Gasteiger partial charge in [0.05, 0.1) is 0 Å². The highest BCUT2D eigenvalue weighted by molar-refractivity contribution is 7.10. The third-order valence-corrected chi connectivity index (χ3v) is 4.49. The van der Waals surface area contributed by atoms with E-state index >= 15 is 0 Å². The summed E-state index contributed by atoms with van der Waals surface area (Å²) >= 11 is 13.8. The van der Waals surface area contributed by atoms with Crippen molar-refractivity contribution in [1.82, 2.24) is 9.55 Å². The van der Waals surface area contributed by atoms with Gasteiger partial charge in [-0.1, -0.05) is 29.3 Å². The second kappa shape index (κ2) is 6.10. The molecule has 0 saturated heterocycles. The maximum Gasteiger partial charge on any atom is 0.136 e. The molecule has 0 aliphatic rings. The zero-order valence-electron chi connectivity index (χ0n) is 11.3. The Bertz CT molecular complexity index is 717. The van der Waals surface area contributed by atoms with Crippen LogP contribution >= 0.6 is 34.5 Å². The van der Waals surface area contributed by atoms with Crippen LogP contribution in [-0.4, -0.2) is 9.55 Å². The zero-order chi connectivity index (χ0) is 14.8. The van der Waals surface area contributed by atoms with Crippen molar-refractivity contribution in [2.75, 3.05) is 5.32 Å². The molecule has 3 rings (SSSR count). The molecule has 0 radical (unpaired) electrons. The topological polar surface area (TPSA) is 29.9 Å². The molecule has 1 N–H and O–H groups in total. The van der Waals surface area contributed by atoms with Gasteiger partial charge in [0, 0.05) is 40.1 Å². The summed E-state index contributed by atoms with van der Waals surface area (Å²) in [5.41, 5.74) is 0.869. The van der Waals surface area contributed by atoms with Crippen LogP contribution in [0.3, 0.4) is 0 Å². The Hall–Kier alpha value is -1.49. The van der Waals surface area contributed by atoms with E-state index in [9.17, 15) is 0 Å². The van der Waals surface area contributed by atoms with Gasteiger partial charge in [-0.25, -0.2) is 4.98 Å². The lowest BCUT2D eigenvalue weighted by Crippen LogP contribution is -2.15. The molecule has 0 bridgehead atoms. The van der Waals surface area contributed by atoms with Crippen LogP contribution in [0, 0.1) is 0 Å². The van der Waals surface area contributed by atoms with Gasteiger partial charge in [0.25, 0.3) is 0 Å². The second-order valence-corrected chi connectivity index (χ2v) is 6.50. The predicted molar refractivity (Wildman–Crippen MR) is 89.5 cm³/mol. The number of hydrogen-bond donors (Lipinski definition) is 1. The van der Waals surface area contributed by atoms with Gasteiger partial charge in [-0.05, 0) is 29.6 Å². The van der Waals surface area contributed by atoms with Crippen molar-refractivity contribution in [2.24, 2.45) is 7.05 Å². The summed E-state index contributed by atoms with van der Waals surface area (Å²) in [7, 11) is 1.98. The van der Waals surface area contributed by atoms with Gasteiger partial charge in [-0.15, -0.1) is 11.3 Å². The SMILES string of the molecule is Cn1ccnc1C(Nc1cc(Cl)cc(Cl)c1)c1cccs1. The van der Waals surface area contributed by atoms with Crippen LogP contribution in [0.5, 0.6) is 0 Å². The molecule has 1 aromatic carbocycles. The van der Waals surface area contributed by atoms with Crippen LogP contribution in [0.4, 0.5) is 5.69 Å². The third kappa shape index (κ3) is 3.23. The molecule has 0 aliphatic heterocycles. The lowest BCUT2D eigenvalue weighted by atomic mass is 10.2. The van der Waals surface area contributed by atoms with E-state index in [-0.39, 0.29) is 6.04 Å². The van der Waals surface area contributed by atoms with Crippen molar-refractivity contribution < 1.29 is 0 Å². The van der Waals surface area contributed by atoms with Crippen LogP contribution in [0.15, 0.2) is 48.1 Å². The van der Waals surface area contributed by atoms with Crippen molar-refractivity contribution in [3.63, 3.8) is 0 Å². The number of hydrogen-bond acceptors (Lipinski definition) is 3. The zero-order valence-corrected chi connectivity index (χ0v) is 13.6. The lowest BCUT2D eigenvalue weighted by Gasteiger charge is -2.19. The average molecular weight is 338 g/mol. The van der Waals surface area contributed by atoms with Crippen LogP contribution < -0.4 is 5.32 Å². The number of aromatic nitrogens is 2. The molecule has 3 aromatic rings. The lowest BCUT2D eigenvalue weighted by molar-refractivity contribution is 0.756. The first-order valence-corrected chi connectivity index (χ1v) is 8.00. The van der Waals surface area contributed by atoms with Crippen LogP contribution in [0.2, 0.25) is 10.0 Å². The summed E-state index contributed by atoms with van der Waals surface area (Å²) in [6, 6.07) is 9.51. The van der Waals surface area contributed by atoms with Crippen molar-refractivity contribution in [3.05, 3.63) is 68.9 Å². The van der Waals surface area contributed by atoms with E-state index in [1.54, 1.807) is 23.6 Å². The highest BCUT2D eigenvalue weighted by atomic mass is 35.5. The fourth-order valence-corrected chi connectivity index (χ4v) is 3.48. The van der Waals surface area contributed by atoms with E-state index in [0.717, 1.165) is 11.5 Å². The van der Waals surface area contributed by atoms with E-state index in [4.69, 9.17) is 23.2 Å². The first kappa shape index (κ1) is 14.4. The first-order valence-electron chi connectivity index (χ1n) is 6.37. The second-order valence-electron chi connectivity index (χ2n) is 4.65. The number of anilines is 1. The Morgan fingerprint density at radius 2 is 2.00 bits per heavy atom. The standard InChI is InChI=1S/C15H13Cl2N3S/c1-20-5-4-18-15(20)14(13-3-2-6-21-13)19-12-8-10(16)7-11(17)9-12/h2-9,14,19H,1H3. The maximum atomic E-state index is 6.07. The molecule has 3 nitrogen and oxygen atoms in total. The van der Waals surface area contributed by atoms with E-state index < -0.39 is 0 Å². The molecule has 6 heteroatoms. The van der Waals surface area contributed by atoms with Gasteiger partial charge < -0.3 is 9.88 Å². The number of rotatable bonds is 4. The molecule has 0 amide bonds. The summed E-state index contributed by atoms with van der Waals surface area (Å²) in [6.07, 6.45) is 3.73. The van der Waals surface area contributed by atoms with Gasteiger partial charge in [0.2, 0.25) is 0 Å². The van der Waals surface area contributed by atoms with Gasteiger partial charge >= 0.3 is 0 Å². The number of nitrogens with one attached hydrogen (secondary N) is 1. The number of aryl methyl sites for hydroxylation is 1. The van der Waals surface area contributed by atoms with Gasteiger partial charge in [0.15, 0.2) is 0 Å². The number of thiophene rings is 1. The number of halogens is 2. The fourth-order valence-electron chi connectivity index (χ4n) is 2.18. The van der Waals surface area contributed by atoms with Gasteiger partial charge in [0.1, 0.15) is 11.9 Å². The Morgan fingerprint density at radius 1 is 1.24 bits per heavy atom.